The molecule has 0 aliphatic carbocycles. The smallest absolute Gasteiger partial charge is 0.317 e. The molecular weight excluding hydrogens is 344 g/mol. The van der Waals surface area contributed by atoms with Gasteiger partial charge in [-0.25, -0.2) is 0 Å². The molecule has 0 aromatic heterocycles. The van der Waals surface area contributed by atoms with E-state index in [1.165, 1.54) is 15.6 Å². The van der Waals surface area contributed by atoms with Gasteiger partial charge in [-0.05, 0) is 56.6 Å². The average molecular weight is 369 g/mol. The first-order chi connectivity index (χ1) is 10.5. The van der Waals surface area contributed by atoms with Gasteiger partial charge in [-0.3, -0.25) is 14.6 Å². The first-order valence-electron chi connectivity index (χ1n) is 7.92. The number of carboxylic acid groups (broad SMARTS) is 1. The first-order valence-corrected chi connectivity index (χ1v) is 8.72. The molecule has 1 aliphatic heterocycles. The van der Waals surface area contributed by atoms with Gasteiger partial charge in [0.05, 0.1) is 6.54 Å². The van der Waals surface area contributed by atoms with E-state index in [2.05, 4.69) is 50.9 Å². The van der Waals surface area contributed by atoms with E-state index in [-0.39, 0.29) is 6.54 Å². The lowest BCUT2D eigenvalue weighted by atomic mass is 10.0. The summed E-state index contributed by atoms with van der Waals surface area (Å²) in [6.07, 6.45) is 2.10. The number of likely N-dealkylation sites (N-methyl/N-ethyl adjacent to an activating group) is 1. The predicted octanol–water partition coefficient (Wildman–Crippen LogP) is 3.13. The van der Waals surface area contributed by atoms with Crippen LogP contribution < -0.4 is 0 Å². The molecular formula is C17H25BrN2O2. The van der Waals surface area contributed by atoms with Gasteiger partial charge in [0.1, 0.15) is 0 Å². The number of benzene rings is 1. The number of rotatable bonds is 6. The average Bonchev–Trinajstić information content (AvgIpc) is 2.49. The maximum Gasteiger partial charge on any atom is 0.317 e. The van der Waals surface area contributed by atoms with E-state index in [1.807, 2.05) is 6.92 Å². The molecule has 0 saturated carbocycles. The molecule has 122 valence electrons. The second kappa shape index (κ2) is 8.09. The van der Waals surface area contributed by atoms with Crippen molar-refractivity contribution in [1.29, 1.82) is 0 Å². The molecule has 1 N–H and O–H groups in total. The molecule has 0 spiro atoms. The van der Waals surface area contributed by atoms with Gasteiger partial charge in [-0.15, -0.1) is 0 Å². The van der Waals surface area contributed by atoms with Crippen molar-refractivity contribution in [1.82, 2.24) is 9.80 Å². The Morgan fingerprint density at radius 3 is 2.64 bits per heavy atom. The molecule has 2 rings (SSSR count). The fourth-order valence-electron chi connectivity index (χ4n) is 3.11. The minimum Gasteiger partial charge on any atom is -0.480 e. The summed E-state index contributed by atoms with van der Waals surface area (Å²) < 4.78 is 1.17. The van der Waals surface area contributed by atoms with E-state index in [1.54, 1.807) is 0 Å². The summed E-state index contributed by atoms with van der Waals surface area (Å²) in [7, 11) is 0. The van der Waals surface area contributed by atoms with Crippen molar-refractivity contribution in [3.63, 3.8) is 0 Å². The summed E-state index contributed by atoms with van der Waals surface area (Å²) in [5, 5.41) is 8.98. The van der Waals surface area contributed by atoms with Crippen molar-refractivity contribution in [2.75, 3.05) is 26.2 Å². The molecule has 1 fully saturated rings. The van der Waals surface area contributed by atoms with Crippen LogP contribution in [0.4, 0.5) is 0 Å². The van der Waals surface area contributed by atoms with Crippen molar-refractivity contribution in [3.8, 4) is 0 Å². The third-order valence-corrected chi connectivity index (χ3v) is 5.31. The zero-order chi connectivity index (χ0) is 16.1. The van der Waals surface area contributed by atoms with E-state index < -0.39 is 5.97 Å². The lowest BCUT2D eigenvalue weighted by molar-refractivity contribution is -0.139. The van der Waals surface area contributed by atoms with Crippen LogP contribution in [0, 0.1) is 6.92 Å². The number of carboxylic acids is 1. The van der Waals surface area contributed by atoms with Crippen LogP contribution in [-0.4, -0.2) is 53.1 Å². The van der Waals surface area contributed by atoms with Crippen LogP contribution in [0.2, 0.25) is 0 Å². The van der Waals surface area contributed by atoms with Crippen LogP contribution in [0.1, 0.15) is 30.9 Å². The number of aryl methyl sites for hydroxylation is 1. The molecule has 0 amide bonds. The fraction of sp³-hybridized carbons (Fsp3) is 0.588. The Morgan fingerprint density at radius 2 is 2.09 bits per heavy atom. The van der Waals surface area contributed by atoms with Gasteiger partial charge in [0.15, 0.2) is 0 Å². The quantitative estimate of drug-likeness (QED) is 0.837. The van der Waals surface area contributed by atoms with Gasteiger partial charge in [0, 0.05) is 17.1 Å². The highest BCUT2D eigenvalue weighted by Gasteiger charge is 2.24. The second-order valence-electron chi connectivity index (χ2n) is 6.05. The lowest BCUT2D eigenvalue weighted by Gasteiger charge is -2.37. The number of carbonyl (C=O) groups is 1. The zero-order valence-electron chi connectivity index (χ0n) is 13.4. The Kier molecular flexibility index (Phi) is 6.41. The number of piperidine rings is 1. The van der Waals surface area contributed by atoms with Crippen LogP contribution >= 0.6 is 15.9 Å². The Bertz CT molecular complexity index is 513. The van der Waals surface area contributed by atoms with Gasteiger partial charge < -0.3 is 5.11 Å². The second-order valence-corrected chi connectivity index (χ2v) is 6.90. The number of halogens is 1. The Morgan fingerprint density at radius 1 is 1.41 bits per heavy atom. The number of hydrogen-bond acceptors (Lipinski definition) is 3. The summed E-state index contributed by atoms with van der Waals surface area (Å²) in [5.74, 6) is -0.728. The highest BCUT2D eigenvalue weighted by molar-refractivity contribution is 9.10. The van der Waals surface area contributed by atoms with Crippen LogP contribution in [-0.2, 0) is 11.3 Å². The van der Waals surface area contributed by atoms with Gasteiger partial charge in [0.2, 0.25) is 0 Å². The largest absolute Gasteiger partial charge is 0.480 e. The van der Waals surface area contributed by atoms with Crippen LogP contribution in [0.25, 0.3) is 0 Å². The lowest BCUT2D eigenvalue weighted by Crippen LogP contribution is -2.46. The minimum absolute atomic E-state index is 0.159. The minimum atomic E-state index is -0.728. The summed E-state index contributed by atoms with van der Waals surface area (Å²) in [5.41, 5.74) is 2.59. The zero-order valence-corrected chi connectivity index (χ0v) is 15.0. The number of aliphatic carboxylic acids is 1. The van der Waals surface area contributed by atoms with Crippen molar-refractivity contribution < 1.29 is 9.90 Å². The van der Waals surface area contributed by atoms with E-state index in [9.17, 15) is 4.79 Å². The van der Waals surface area contributed by atoms with E-state index in [0.29, 0.717) is 6.04 Å². The molecule has 22 heavy (non-hydrogen) atoms. The molecule has 4 nitrogen and oxygen atoms in total. The van der Waals surface area contributed by atoms with Crippen molar-refractivity contribution in [3.05, 3.63) is 33.8 Å². The Hall–Kier alpha value is -0.910. The molecule has 1 saturated heterocycles. The van der Waals surface area contributed by atoms with E-state index >= 15 is 0 Å². The van der Waals surface area contributed by atoms with E-state index in [0.717, 1.165) is 39.0 Å². The normalized spacial score (nSPS) is 17.1. The highest BCUT2D eigenvalue weighted by atomic mass is 79.9. The molecule has 1 heterocycles. The Balaban J connectivity index is 1.86. The van der Waals surface area contributed by atoms with Crippen molar-refractivity contribution in [2.45, 2.75) is 39.3 Å². The molecule has 5 heteroatoms. The fourth-order valence-corrected chi connectivity index (χ4v) is 3.53. The summed E-state index contributed by atoms with van der Waals surface area (Å²) in [6, 6.07) is 6.94. The summed E-state index contributed by atoms with van der Waals surface area (Å²) in [6.45, 7) is 8.14. The maximum atomic E-state index is 10.9. The SMILES string of the molecule is CCN(CC(=O)O)C1CCN(Cc2ccc(C)c(Br)c2)CC1. The number of nitrogens with zero attached hydrogens (tertiary/aromatic N) is 2. The van der Waals surface area contributed by atoms with Gasteiger partial charge >= 0.3 is 5.97 Å². The van der Waals surface area contributed by atoms with Crippen molar-refractivity contribution in [2.24, 2.45) is 0 Å². The van der Waals surface area contributed by atoms with Crippen molar-refractivity contribution >= 4 is 21.9 Å². The molecule has 0 atom stereocenters. The summed E-state index contributed by atoms with van der Waals surface area (Å²) in [4.78, 5) is 15.5. The van der Waals surface area contributed by atoms with Gasteiger partial charge in [-0.1, -0.05) is 35.0 Å². The molecule has 1 aromatic carbocycles. The Labute approximate surface area is 141 Å². The van der Waals surface area contributed by atoms with Crippen LogP contribution in [0.5, 0.6) is 0 Å². The van der Waals surface area contributed by atoms with Crippen LogP contribution in [0.3, 0.4) is 0 Å². The maximum absolute atomic E-state index is 10.9. The number of likely N-dealkylation sites (tertiary alicyclic amines) is 1. The first kappa shape index (κ1) is 17.4. The van der Waals surface area contributed by atoms with E-state index in [4.69, 9.17) is 5.11 Å². The topological polar surface area (TPSA) is 43.8 Å². The monoisotopic (exact) mass is 368 g/mol. The van der Waals surface area contributed by atoms with Gasteiger partial charge in [-0.2, -0.15) is 0 Å². The number of hydrogen-bond donors (Lipinski definition) is 1. The molecule has 1 aromatic rings. The molecule has 0 radical (unpaired) electrons. The predicted molar refractivity (Wildman–Crippen MR) is 92.1 cm³/mol. The van der Waals surface area contributed by atoms with Crippen LogP contribution in [0.15, 0.2) is 22.7 Å². The summed E-state index contributed by atoms with van der Waals surface area (Å²) >= 11 is 3.59. The third-order valence-electron chi connectivity index (χ3n) is 4.46. The third kappa shape index (κ3) is 4.80. The standard InChI is InChI=1S/C17H25BrN2O2/c1-3-20(12-17(21)22)15-6-8-19(9-7-15)11-14-5-4-13(2)16(18)10-14/h4-5,10,15H,3,6-9,11-12H2,1-2H3,(H,21,22). The molecule has 0 unspecified atom stereocenters. The highest BCUT2D eigenvalue weighted by Crippen LogP contribution is 2.21. The molecule has 1 aliphatic rings. The van der Waals surface area contributed by atoms with Gasteiger partial charge in [0.25, 0.3) is 0 Å². The molecule has 0 bridgehead atoms.